The molecular formula is C22H26N4O6S. The first-order chi connectivity index (χ1) is 15.6. The summed E-state index contributed by atoms with van der Waals surface area (Å²) in [5.74, 6) is -2.34. The lowest BCUT2D eigenvalue weighted by Crippen LogP contribution is -2.71. The summed E-state index contributed by atoms with van der Waals surface area (Å²) in [6, 6.07) is 6.19. The molecule has 4 rings (SSSR count). The molecule has 0 aliphatic carbocycles. The molecule has 3 fully saturated rings. The molecule has 176 valence electrons. The van der Waals surface area contributed by atoms with Crippen molar-refractivity contribution in [2.75, 3.05) is 6.73 Å². The molecule has 3 aliphatic rings. The number of nitrogens with two attached hydrogens (primary N) is 1. The molecule has 3 N–H and O–H groups in total. The van der Waals surface area contributed by atoms with Crippen LogP contribution in [0.4, 0.5) is 0 Å². The second kappa shape index (κ2) is 8.79. The van der Waals surface area contributed by atoms with Gasteiger partial charge in [0.25, 0.3) is 0 Å². The number of likely N-dealkylation sites (tertiary alicyclic amines) is 1. The van der Waals surface area contributed by atoms with Crippen LogP contribution in [0, 0.1) is 0 Å². The highest BCUT2D eigenvalue weighted by Crippen LogP contribution is 2.51. The topological polar surface area (TPSA) is 139 Å². The van der Waals surface area contributed by atoms with E-state index in [1.807, 2.05) is 6.07 Å². The summed E-state index contributed by atoms with van der Waals surface area (Å²) in [4.78, 5) is 64.6. The van der Waals surface area contributed by atoms with E-state index in [1.165, 1.54) is 16.7 Å². The van der Waals surface area contributed by atoms with Crippen LogP contribution in [0.5, 0.6) is 0 Å². The van der Waals surface area contributed by atoms with Crippen molar-refractivity contribution in [3.63, 3.8) is 0 Å². The number of benzene rings is 1. The highest BCUT2D eigenvalue weighted by Gasteiger charge is 2.64. The van der Waals surface area contributed by atoms with Gasteiger partial charge in [-0.05, 0) is 25.8 Å². The van der Waals surface area contributed by atoms with Crippen molar-refractivity contribution in [3.05, 3.63) is 35.9 Å². The third kappa shape index (κ3) is 4.22. The van der Waals surface area contributed by atoms with E-state index in [2.05, 4.69) is 5.32 Å². The Morgan fingerprint density at radius 1 is 1.18 bits per heavy atom. The van der Waals surface area contributed by atoms with Crippen LogP contribution in [-0.4, -0.2) is 68.3 Å². The number of fused-ring (bicyclic) bond motifs is 1. The molecule has 4 amide bonds. The van der Waals surface area contributed by atoms with Crippen molar-refractivity contribution < 1.29 is 28.7 Å². The minimum Gasteiger partial charge on any atom is -0.442 e. The van der Waals surface area contributed by atoms with Crippen molar-refractivity contribution in [2.24, 2.45) is 5.73 Å². The molecule has 0 saturated carbocycles. The van der Waals surface area contributed by atoms with Crippen LogP contribution >= 0.6 is 11.8 Å². The van der Waals surface area contributed by atoms with Crippen molar-refractivity contribution in [1.82, 2.24) is 15.1 Å². The molecule has 3 aliphatic heterocycles. The Morgan fingerprint density at radius 2 is 1.82 bits per heavy atom. The quantitative estimate of drug-likeness (QED) is 0.340. The minimum atomic E-state index is -0.923. The highest BCUT2D eigenvalue weighted by molar-refractivity contribution is 8.01. The maximum Gasteiger partial charge on any atom is 0.332 e. The van der Waals surface area contributed by atoms with Gasteiger partial charge in [-0.3, -0.25) is 19.2 Å². The van der Waals surface area contributed by atoms with Gasteiger partial charge in [-0.2, -0.15) is 0 Å². The van der Waals surface area contributed by atoms with Crippen LogP contribution in [0.3, 0.4) is 0 Å². The third-order valence-corrected chi connectivity index (χ3v) is 7.69. The van der Waals surface area contributed by atoms with Crippen molar-refractivity contribution in [1.29, 1.82) is 0 Å². The number of rotatable bonds is 6. The molecule has 0 unspecified atom stereocenters. The van der Waals surface area contributed by atoms with Crippen molar-refractivity contribution >= 4 is 41.4 Å². The zero-order valence-corrected chi connectivity index (χ0v) is 19.2. The number of nitrogens with zero attached hydrogens (tertiary/aromatic N) is 2. The zero-order valence-electron chi connectivity index (χ0n) is 18.4. The largest absolute Gasteiger partial charge is 0.442 e. The van der Waals surface area contributed by atoms with E-state index in [9.17, 15) is 24.0 Å². The zero-order chi connectivity index (χ0) is 23.9. The second-order valence-corrected chi connectivity index (χ2v) is 10.6. The number of piperidine rings is 1. The number of β-lactam (4-membered cyclic amide) rings is 1. The lowest BCUT2D eigenvalue weighted by atomic mass is 9.95. The summed E-state index contributed by atoms with van der Waals surface area (Å²) < 4.78 is 4.59. The molecule has 4 atom stereocenters. The Balaban J connectivity index is 1.40. The molecule has 3 saturated heterocycles. The van der Waals surface area contributed by atoms with Gasteiger partial charge in [0.15, 0.2) is 6.73 Å². The number of esters is 1. The first kappa shape index (κ1) is 23.2. The molecule has 3 heterocycles. The summed E-state index contributed by atoms with van der Waals surface area (Å²) >= 11 is 1.38. The van der Waals surface area contributed by atoms with Gasteiger partial charge < -0.3 is 20.7 Å². The maximum atomic E-state index is 12.9. The summed E-state index contributed by atoms with van der Waals surface area (Å²) in [6.45, 7) is 3.15. The van der Waals surface area contributed by atoms with E-state index in [0.717, 1.165) is 4.90 Å². The summed E-state index contributed by atoms with van der Waals surface area (Å²) in [5, 5.41) is 2.25. The van der Waals surface area contributed by atoms with Crippen LogP contribution in [0.15, 0.2) is 30.3 Å². The minimum absolute atomic E-state index is 0.229. The average Bonchev–Trinajstić information content (AvgIpc) is 3.04. The SMILES string of the molecule is CC1(C)S[C@@H]2[C@H](NC(=O)[C@@H](N)c3ccccc3)C(=O)N2[C@H]1C(=O)OCN1C(=O)CCCC1=O. The summed E-state index contributed by atoms with van der Waals surface area (Å²) in [6.07, 6.45) is 0.944. The van der Waals surface area contributed by atoms with Crippen LogP contribution in [0.2, 0.25) is 0 Å². The predicted molar refractivity (Wildman–Crippen MR) is 118 cm³/mol. The van der Waals surface area contributed by atoms with Gasteiger partial charge in [-0.25, -0.2) is 9.69 Å². The number of carbonyl (C=O) groups excluding carboxylic acids is 5. The van der Waals surface area contributed by atoms with Crippen LogP contribution < -0.4 is 11.1 Å². The standard InChI is InChI=1S/C22H26N4O6S/c1-22(2)17(21(31)32-11-25-13(27)9-6-10-14(25)28)26-19(30)16(20(26)33-22)24-18(29)15(23)12-7-4-3-5-8-12/h3-5,7-8,15-17,20H,6,9-11,23H2,1-2H3,(H,24,29)/t15-,16+,17-,20+/m0/s1. The Kier molecular flexibility index (Phi) is 6.19. The van der Waals surface area contributed by atoms with Crippen molar-refractivity contribution in [2.45, 2.75) is 61.4 Å². The predicted octanol–water partition coefficient (Wildman–Crippen LogP) is 0.273. The molecule has 0 aromatic heterocycles. The van der Waals surface area contributed by atoms with Crippen LogP contribution in [0.25, 0.3) is 0 Å². The van der Waals surface area contributed by atoms with Gasteiger partial charge in [-0.15, -0.1) is 11.8 Å². The molecule has 0 radical (unpaired) electrons. The lowest BCUT2D eigenvalue weighted by molar-refractivity contribution is -0.171. The van der Waals surface area contributed by atoms with Gasteiger partial charge in [-0.1, -0.05) is 30.3 Å². The monoisotopic (exact) mass is 474 g/mol. The Morgan fingerprint density at radius 3 is 2.45 bits per heavy atom. The van der Waals surface area contributed by atoms with Crippen LogP contribution in [-0.2, 0) is 28.7 Å². The number of imide groups is 1. The van der Waals surface area contributed by atoms with Crippen molar-refractivity contribution in [3.8, 4) is 0 Å². The van der Waals surface area contributed by atoms with E-state index in [1.54, 1.807) is 38.1 Å². The number of hydrogen-bond acceptors (Lipinski definition) is 8. The molecule has 0 spiro atoms. The molecule has 10 nitrogen and oxygen atoms in total. The van der Waals surface area contributed by atoms with Gasteiger partial charge in [0, 0.05) is 17.6 Å². The maximum absolute atomic E-state index is 12.9. The van der Waals surface area contributed by atoms with E-state index in [0.29, 0.717) is 12.0 Å². The number of carbonyl (C=O) groups is 5. The second-order valence-electron chi connectivity index (χ2n) is 8.80. The van der Waals surface area contributed by atoms with Crippen LogP contribution in [0.1, 0.15) is 44.7 Å². The number of nitrogens with one attached hydrogen (secondary N) is 1. The fraction of sp³-hybridized carbons (Fsp3) is 0.500. The number of amides is 4. The first-order valence-electron chi connectivity index (χ1n) is 10.7. The fourth-order valence-electron chi connectivity index (χ4n) is 4.33. The van der Waals surface area contributed by atoms with Gasteiger partial charge in [0.05, 0.1) is 0 Å². The Hall–Kier alpha value is -2.92. The van der Waals surface area contributed by atoms with E-state index in [-0.39, 0.29) is 24.7 Å². The third-order valence-electron chi connectivity index (χ3n) is 6.12. The molecule has 0 bridgehead atoms. The van der Waals surface area contributed by atoms with E-state index >= 15 is 0 Å². The number of thioether (sulfide) groups is 1. The molecule has 1 aromatic carbocycles. The van der Waals surface area contributed by atoms with Gasteiger partial charge >= 0.3 is 5.97 Å². The normalized spacial score (nSPS) is 27.0. The Bertz CT molecular complexity index is 984. The molecular weight excluding hydrogens is 448 g/mol. The smallest absolute Gasteiger partial charge is 0.332 e. The summed E-state index contributed by atoms with van der Waals surface area (Å²) in [5.41, 5.74) is 6.66. The molecule has 1 aromatic rings. The lowest BCUT2D eigenvalue weighted by Gasteiger charge is -2.44. The number of ether oxygens (including phenoxy) is 1. The Labute approximate surface area is 195 Å². The van der Waals surface area contributed by atoms with E-state index < -0.39 is 52.8 Å². The first-order valence-corrected chi connectivity index (χ1v) is 11.6. The molecule has 11 heteroatoms. The average molecular weight is 475 g/mol. The van der Waals surface area contributed by atoms with Gasteiger partial charge in [0.1, 0.15) is 23.5 Å². The van der Waals surface area contributed by atoms with E-state index in [4.69, 9.17) is 10.5 Å². The summed E-state index contributed by atoms with van der Waals surface area (Å²) in [7, 11) is 0. The highest BCUT2D eigenvalue weighted by atomic mass is 32.2. The fourth-order valence-corrected chi connectivity index (χ4v) is 5.95. The van der Waals surface area contributed by atoms with Gasteiger partial charge in [0.2, 0.25) is 23.6 Å². The molecule has 33 heavy (non-hydrogen) atoms. The number of hydrogen-bond donors (Lipinski definition) is 2.